The Morgan fingerprint density at radius 1 is 1.06 bits per heavy atom. The predicted molar refractivity (Wildman–Crippen MR) is 133 cm³/mol. The van der Waals surface area contributed by atoms with Crippen LogP contribution in [0.15, 0.2) is 46.3 Å². The topological polar surface area (TPSA) is 113 Å². The average molecular weight is 541 g/mol. The summed E-state index contributed by atoms with van der Waals surface area (Å²) >= 11 is 6.98. The number of carbonyl (C=O) groups excluding carboxylic acids is 2. The van der Waals surface area contributed by atoms with Crippen LogP contribution >= 0.6 is 22.9 Å². The van der Waals surface area contributed by atoms with Crippen LogP contribution in [0.3, 0.4) is 0 Å². The summed E-state index contributed by atoms with van der Waals surface area (Å²) in [5, 5.41) is 0.436. The maximum absolute atomic E-state index is 12.7. The Hall–Kier alpha value is -2.89. The molecule has 2 aromatic carbocycles. The maximum atomic E-state index is 12.7. The molecule has 0 unspecified atom stereocenters. The van der Waals surface area contributed by atoms with Crippen LogP contribution in [0, 0.1) is 0 Å². The van der Waals surface area contributed by atoms with Gasteiger partial charge in [0.2, 0.25) is 5.91 Å². The third-order valence-corrected chi connectivity index (χ3v) is 8.14. The van der Waals surface area contributed by atoms with E-state index >= 15 is 0 Å². The number of halogens is 1. The van der Waals surface area contributed by atoms with Crippen LogP contribution in [-0.4, -0.2) is 51.4 Å². The summed E-state index contributed by atoms with van der Waals surface area (Å²) in [7, 11) is -0.553. The van der Waals surface area contributed by atoms with Crippen molar-refractivity contribution in [3.8, 4) is 11.5 Å². The third kappa shape index (κ3) is 6.41. The number of fused-ring (bicyclic) bond motifs is 1. The molecule has 0 aliphatic heterocycles. The van der Waals surface area contributed by atoms with Crippen molar-refractivity contribution in [3.63, 3.8) is 0 Å². The first-order chi connectivity index (χ1) is 16.7. The fourth-order valence-corrected chi connectivity index (χ4v) is 5.95. The van der Waals surface area contributed by atoms with Crippen LogP contribution < -0.4 is 14.3 Å². The molecule has 0 radical (unpaired) electrons. The van der Waals surface area contributed by atoms with Gasteiger partial charge in [-0.05, 0) is 49.7 Å². The highest BCUT2D eigenvalue weighted by Crippen LogP contribution is 2.35. The molecule has 188 valence electrons. The Bertz CT molecular complexity index is 1390. The molecule has 3 aromatic rings. The molecule has 35 heavy (non-hydrogen) atoms. The normalized spacial score (nSPS) is 12.1. The van der Waals surface area contributed by atoms with Crippen molar-refractivity contribution in [3.05, 3.63) is 46.2 Å². The number of amides is 1. The summed E-state index contributed by atoms with van der Waals surface area (Å²) < 4.78 is 43.2. The summed E-state index contributed by atoms with van der Waals surface area (Å²) in [6.07, 6.45) is -0.00253. The van der Waals surface area contributed by atoms with Crippen LogP contribution in [0.2, 0.25) is 5.02 Å². The van der Waals surface area contributed by atoms with Gasteiger partial charge in [-0.15, -0.1) is 0 Å². The Kier molecular flexibility index (Phi) is 8.92. The minimum absolute atomic E-state index is 0.0860. The lowest BCUT2D eigenvalue weighted by molar-refractivity contribution is -0.143. The van der Waals surface area contributed by atoms with Gasteiger partial charge >= 0.3 is 5.97 Å². The summed E-state index contributed by atoms with van der Waals surface area (Å²) in [6, 6.07) is 9.28. The Balaban J connectivity index is 1.89. The van der Waals surface area contributed by atoms with E-state index in [9.17, 15) is 18.0 Å². The number of hydrogen-bond donors (Lipinski definition) is 0. The van der Waals surface area contributed by atoms with Crippen molar-refractivity contribution >= 4 is 54.9 Å². The van der Waals surface area contributed by atoms with Gasteiger partial charge in [0, 0.05) is 11.4 Å². The van der Waals surface area contributed by atoms with Gasteiger partial charge in [0.15, 0.2) is 14.6 Å². The minimum atomic E-state index is -3.56. The lowest BCUT2D eigenvalue weighted by Gasteiger charge is -2.10. The standard InChI is InChI=1S/C23H25ClN2O7S2/c1-4-33-20(28)14-26-21-17(31-2)11-12-18(32-3)22(21)34-23(26)25-19(27)6-5-13-35(29,30)16-9-7-15(24)8-10-16/h7-12H,4-6,13-14H2,1-3H3. The molecule has 0 fully saturated rings. The van der Waals surface area contributed by atoms with Gasteiger partial charge in [-0.25, -0.2) is 8.42 Å². The first kappa shape index (κ1) is 26.7. The van der Waals surface area contributed by atoms with Gasteiger partial charge in [0.05, 0.1) is 31.5 Å². The number of esters is 1. The quantitative estimate of drug-likeness (QED) is 0.361. The van der Waals surface area contributed by atoms with Gasteiger partial charge in [-0.1, -0.05) is 22.9 Å². The van der Waals surface area contributed by atoms with Crippen molar-refractivity contribution in [2.75, 3.05) is 26.6 Å². The SMILES string of the molecule is CCOC(=O)Cn1c(=NC(=O)CCCS(=O)(=O)c2ccc(Cl)cc2)sc2c(OC)ccc(OC)c21. The van der Waals surface area contributed by atoms with E-state index in [0.717, 1.165) is 11.3 Å². The number of benzene rings is 2. The molecule has 0 aliphatic rings. The van der Waals surface area contributed by atoms with E-state index in [2.05, 4.69) is 4.99 Å². The summed E-state index contributed by atoms with van der Waals surface area (Å²) in [6.45, 7) is 1.72. The molecule has 1 amide bonds. The molecule has 1 aromatic heterocycles. The lowest BCUT2D eigenvalue weighted by atomic mass is 10.3. The molecule has 0 saturated heterocycles. The number of ether oxygens (including phenoxy) is 3. The van der Waals surface area contributed by atoms with E-state index in [0.29, 0.717) is 26.7 Å². The number of nitrogens with zero attached hydrogens (tertiary/aromatic N) is 2. The fourth-order valence-electron chi connectivity index (χ4n) is 3.36. The molecule has 0 spiro atoms. The van der Waals surface area contributed by atoms with Gasteiger partial charge in [0.1, 0.15) is 28.3 Å². The summed E-state index contributed by atoms with van der Waals surface area (Å²) in [5.74, 6) is -0.221. The number of aromatic nitrogens is 1. The second-order valence-electron chi connectivity index (χ2n) is 7.31. The zero-order chi connectivity index (χ0) is 25.6. The van der Waals surface area contributed by atoms with E-state index in [4.69, 9.17) is 25.8 Å². The highest BCUT2D eigenvalue weighted by Gasteiger charge is 2.19. The predicted octanol–water partition coefficient (Wildman–Crippen LogP) is 3.62. The van der Waals surface area contributed by atoms with Crippen LogP contribution in [0.1, 0.15) is 19.8 Å². The molecular formula is C23H25ClN2O7S2. The number of methoxy groups -OCH3 is 2. The molecule has 0 saturated carbocycles. The molecule has 1 heterocycles. The zero-order valence-corrected chi connectivity index (χ0v) is 21.8. The molecule has 12 heteroatoms. The number of thiazole rings is 1. The van der Waals surface area contributed by atoms with Crippen LogP contribution in [0.5, 0.6) is 11.5 Å². The van der Waals surface area contributed by atoms with E-state index in [1.165, 1.54) is 38.5 Å². The Morgan fingerprint density at radius 3 is 2.34 bits per heavy atom. The fraction of sp³-hybridized carbons (Fsp3) is 0.348. The van der Waals surface area contributed by atoms with Gasteiger partial charge in [0.25, 0.3) is 0 Å². The maximum Gasteiger partial charge on any atom is 0.326 e. The lowest BCUT2D eigenvalue weighted by Crippen LogP contribution is -2.23. The van der Waals surface area contributed by atoms with Crippen LogP contribution in [0.25, 0.3) is 10.2 Å². The Morgan fingerprint density at radius 2 is 1.71 bits per heavy atom. The van der Waals surface area contributed by atoms with E-state index < -0.39 is 21.7 Å². The monoisotopic (exact) mass is 540 g/mol. The average Bonchev–Trinajstić information content (AvgIpc) is 3.16. The number of hydrogen-bond acceptors (Lipinski definition) is 8. The van der Waals surface area contributed by atoms with Gasteiger partial charge < -0.3 is 18.8 Å². The first-order valence-corrected chi connectivity index (χ1v) is 13.5. The summed E-state index contributed by atoms with van der Waals surface area (Å²) in [4.78, 5) is 29.5. The van der Waals surface area contributed by atoms with E-state index in [1.807, 2.05) is 0 Å². The van der Waals surface area contributed by atoms with Crippen molar-refractivity contribution in [1.82, 2.24) is 4.57 Å². The Labute approximate surface area is 211 Å². The van der Waals surface area contributed by atoms with Gasteiger partial charge in [-0.3, -0.25) is 9.59 Å². The number of rotatable bonds is 10. The molecule has 3 rings (SSSR count). The van der Waals surface area contributed by atoms with Crippen molar-refractivity contribution < 1.29 is 32.2 Å². The largest absolute Gasteiger partial charge is 0.495 e. The van der Waals surface area contributed by atoms with Crippen LogP contribution in [-0.2, 0) is 30.7 Å². The second kappa shape index (κ2) is 11.7. The van der Waals surface area contributed by atoms with Crippen LogP contribution in [0.4, 0.5) is 0 Å². The zero-order valence-electron chi connectivity index (χ0n) is 19.4. The highest BCUT2D eigenvalue weighted by molar-refractivity contribution is 7.91. The van der Waals surface area contributed by atoms with Gasteiger partial charge in [-0.2, -0.15) is 4.99 Å². The molecule has 0 aliphatic carbocycles. The minimum Gasteiger partial charge on any atom is -0.495 e. The summed E-state index contributed by atoms with van der Waals surface area (Å²) in [5.41, 5.74) is 0.543. The molecule has 0 bridgehead atoms. The van der Waals surface area contributed by atoms with Crippen molar-refractivity contribution in [1.29, 1.82) is 0 Å². The third-order valence-electron chi connectivity index (χ3n) is 4.98. The highest BCUT2D eigenvalue weighted by atomic mass is 35.5. The first-order valence-electron chi connectivity index (χ1n) is 10.7. The smallest absolute Gasteiger partial charge is 0.326 e. The molecule has 9 nitrogen and oxygen atoms in total. The molecular weight excluding hydrogens is 516 g/mol. The number of sulfone groups is 1. The second-order valence-corrected chi connectivity index (χ2v) is 10.8. The van der Waals surface area contributed by atoms with E-state index in [-0.39, 0.29) is 41.4 Å². The molecule has 0 N–H and O–H groups in total. The number of carbonyl (C=O) groups is 2. The van der Waals surface area contributed by atoms with E-state index in [1.54, 1.807) is 23.6 Å². The molecule has 0 atom stereocenters. The van der Waals surface area contributed by atoms with Crippen molar-refractivity contribution in [2.45, 2.75) is 31.2 Å². The van der Waals surface area contributed by atoms with Crippen molar-refractivity contribution in [2.24, 2.45) is 4.99 Å².